The van der Waals surface area contributed by atoms with Gasteiger partial charge in [0.2, 0.25) is 0 Å². The fourth-order valence-corrected chi connectivity index (χ4v) is 2.83. The molecule has 0 fully saturated rings. The first kappa shape index (κ1) is 11.6. The van der Waals surface area contributed by atoms with Gasteiger partial charge >= 0.3 is 0 Å². The van der Waals surface area contributed by atoms with Gasteiger partial charge in [-0.3, -0.25) is 0 Å². The molecule has 0 amide bonds. The SMILES string of the molecule is CCNC(C1=COCCC1)c1cnc(C)s1. The number of thiazole rings is 1. The van der Waals surface area contributed by atoms with Crippen molar-refractivity contribution < 1.29 is 4.74 Å². The van der Waals surface area contributed by atoms with Gasteiger partial charge in [-0.1, -0.05) is 6.92 Å². The van der Waals surface area contributed by atoms with Crippen molar-refractivity contribution in [2.45, 2.75) is 32.7 Å². The van der Waals surface area contributed by atoms with Crippen LogP contribution in [-0.2, 0) is 4.74 Å². The van der Waals surface area contributed by atoms with Crippen LogP contribution in [0.2, 0.25) is 0 Å². The summed E-state index contributed by atoms with van der Waals surface area (Å²) < 4.78 is 5.42. The minimum Gasteiger partial charge on any atom is -0.501 e. The molecule has 0 radical (unpaired) electrons. The van der Waals surface area contributed by atoms with Gasteiger partial charge in [0.15, 0.2) is 0 Å². The van der Waals surface area contributed by atoms with Crippen LogP contribution in [0, 0.1) is 6.92 Å². The van der Waals surface area contributed by atoms with Crippen molar-refractivity contribution >= 4 is 11.3 Å². The van der Waals surface area contributed by atoms with E-state index in [1.54, 1.807) is 11.3 Å². The van der Waals surface area contributed by atoms with Crippen LogP contribution >= 0.6 is 11.3 Å². The summed E-state index contributed by atoms with van der Waals surface area (Å²) in [6.45, 7) is 5.98. The van der Waals surface area contributed by atoms with Crippen LogP contribution in [0.25, 0.3) is 0 Å². The maximum absolute atomic E-state index is 5.42. The van der Waals surface area contributed by atoms with Crippen molar-refractivity contribution in [2.75, 3.05) is 13.2 Å². The Morgan fingerprint density at radius 1 is 1.62 bits per heavy atom. The molecule has 1 atom stereocenters. The first-order valence-electron chi connectivity index (χ1n) is 5.77. The van der Waals surface area contributed by atoms with E-state index in [1.165, 1.54) is 10.5 Å². The first-order valence-corrected chi connectivity index (χ1v) is 6.59. The maximum atomic E-state index is 5.42. The maximum Gasteiger partial charge on any atom is 0.0897 e. The fourth-order valence-electron chi connectivity index (χ4n) is 1.93. The molecule has 1 aliphatic heterocycles. The molecule has 0 aliphatic carbocycles. The summed E-state index contributed by atoms with van der Waals surface area (Å²) in [5, 5.41) is 4.62. The molecule has 16 heavy (non-hydrogen) atoms. The quantitative estimate of drug-likeness (QED) is 0.876. The minimum absolute atomic E-state index is 0.288. The Kier molecular flexibility index (Phi) is 3.96. The summed E-state index contributed by atoms with van der Waals surface area (Å²) in [6.07, 6.45) is 6.13. The number of rotatable bonds is 4. The summed E-state index contributed by atoms with van der Waals surface area (Å²) in [6, 6.07) is 0.288. The molecular formula is C12H18N2OS. The third-order valence-electron chi connectivity index (χ3n) is 2.67. The zero-order valence-corrected chi connectivity index (χ0v) is 10.6. The molecule has 4 heteroatoms. The molecule has 1 unspecified atom stereocenters. The molecule has 1 N–H and O–H groups in total. The van der Waals surface area contributed by atoms with Gasteiger partial charge in [0.1, 0.15) is 0 Å². The Hall–Kier alpha value is -0.870. The van der Waals surface area contributed by atoms with Crippen LogP contribution < -0.4 is 5.32 Å². The van der Waals surface area contributed by atoms with Crippen molar-refractivity contribution in [3.05, 3.63) is 27.9 Å². The van der Waals surface area contributed by atoms with E-state index in [9.17, 15) is 0 Å². The van der Waals surface area contributed by atoms with Crippen LogP contribution in [0.3, 0.4) is 0 Å². The molecule has 2 heterocycles. The third kappa shape index (κ3) is 2.62. The van der Waals surface area contributed by atoms with E-state index in [0.29, 0.717) is 0 Å². The van der Waals surface area contributed by atoms with Crippen LogP contribution in [-0.4, -0.2) is 18.1 Å². The van der Waals surface area contributed by atoms with Gasteiger partial charge in [-0.2, -0.15) is 0 Å². The number of nitrogens with zero attached hydrogens (tertiary/aromatic N) is 1. The van der Waals surface area contributed by atoms with E-state index in [4.69, 9.17) is 4.74 Å². The topological polar surface area (TPSA) is 34.1 Å². The smallest absolute Gasteiger partial charge is 0.0897 e. The average molecular weight is 238 g/mol. The minimum atomic E-state index is 0.288. The van der Waals surface area contributed by atoms with Crippen molar-refractivity contribution in [1.29, 1.82) is 0 Å². The summed E-state index contributed by atoms with van der Waals surface area (Å²) in [7, 11) is 0. The van der Waals surface area contributed by atoms with Crippen molar-refractivity contribution in [3.63, 3.8) is 0 Å². The Morgan fingerprint density at radius 3 is 3.06 bits per heavy atom. The molecule has 1 aliphatic rings. The van der Waals surface area contributed by atoms with Gasteiger partial charge in [0.05, 0.1) is 23.9 Å². The Labute approximate surface area is 101 Å². The van der Waals surface area contributed by atoms with Gasteiger partial charge in [-0.05, 0) is 31.9 Å². The molecule has 88 valence electrons. The van der Waals surface area contributed by atoms with E-state index < -0.39 is 0 Å². The van der Waals surface area contributed by atoms with Crippen LogP contribution in [0.15, 0.2) is 18.0 Å². The highest BCUT2D eigenvalue weighted by Crippen LogP contribution is 2.30. The summed E-state index contributed by atoms with van der Waals surface area (Å²) in [5.41, 5.74) is 1.34. The van der Waals surface area contributed by atoms with Gasteiger partial charge in [0.25, 0.3) is 0 Å². The first-order chi connectivity index (χ1) is 7.81. The lowest BCUT2D eigenvalue weighted by Crippen LogP contribution is -2.23. The lowest BCUT2D eigenvalue weighted by atomic mass is 10.0. The van der Waals surface area contributed by atoms with E-state index in [1.807, 2.05) is 19.4 Å². The number of hydrogen-bond acceptors (Lipinski definition) is 4. The Balaban J connectivity index is 2.19. The predicted molar refractivity (Wildman–Crippen MR) is 66.5 cm³/mol. The highest BCUT2D eigenvalue weighted by molar-refractivity contribution is 7.11. The van der Waals surface area contributed by atoms with Crippen LogP contribution in [0.4, 0.5) is 0 Å². The molecule has 0 aromatic carbocycles. The zero-order chi connectivity index (χ0) is 11.4. The van der Waals surface area contributed by atoms with Gasteiger partial charge in [-0.15, -0.1) is 11.3 Å². The molecule has 2 rings (SSSR count). The second-order valence-electron chi connectivity index (χ2n) is 3.94. The fraction of sp³-hybridized carbons (Fsp3) is 0.583. The number of nitrogens with one attached hydrogen (secondary N) is 1. The van der Waals surface area contributed by atoms with Gasteiger partial charge in [-0.25, -0.2) is 4.98 Å². The molecule has 1 aromatic rings. The molecule has 0 saturated heterocycles. The normalized spacial score (nSPS) is 17.8. The second-order valence-corrected chi connectivity index (χ2v) is 5.21. The molecular weight excluding hydrogens is 220 g/mol. The van der Waals surface area contributed by atoms with Crippen LogP contribution in [0.5, 0.6) is 0 Å². The van der Waals surface area contributed by atoms with Crippen LogP contribution in [0.1, 0.15) is 35.7 Å². The Morgan fingerprint density at radius 2 is 2.50 bits per heavy atom. The number of likely N-dealkylation sites (N-methyl/N-ethyl adjacent to an activating group) is 1. The van der Waals surface area contributed by atoms with Crippen molar-refractivity contribution in [1.82, 2.24) is 10.3 Å². The lowest BCUT2D eigenvalue weighted by Gasteiger charge is -2.22. The average Bonchev–Trinajstić information content (AvgIpc) is 2.74. The number of aromatic nitrogens is 1. The van der Waals surface area contributed by atoms with Gasteiger partial charge in [0, 0.05) is 11.1 Å². The molecule has 3 nitrogen and oxygen atoms in total. The predicted octanol–water partition coefficient (Wildman–Crippen LogP) is 2.80. The summed E-state index contributed by atoms with van der Waals surface area (Å²) in [5.74, 6) is 0. The Bertz CT molecular complexity index is 373. The highest BCUT2D eigenvalue weighted by Gasteiger charge is 2.19. The van der Waals surface area contributed by atoms with Crippen molar-refractivity contribution in [3.8, 4) is 0 Å². The highest BCUT2D eigenvalue weighted by atomic mass is 32.1. The molecule has 0 bridgehead atoms. The number of aryl methyl sites for hydroxylation is 1. The summed E-state index contributed by atoms with van der Waals surface area (Å²) in [4.78, 5) is 5.61. The molecule has 0 saturated carbocycles. The van der Waals surface area contributed by atoms with E-state index in [0.717, 1.165) is 31.0 Å². The lowest BCUT2D eigenvalue weighted by molar-refractivity contribution is 0.219. The van der Waals surface area contributed by atoms with Gasteiger partial charge < -0.3 is 10.1 Å². The number of ether oxygens (including phenoxy) is 1. The van der Waals surface area contributed by atoms with E-state index in [-0.39, 0.29) is 6.04 Å². The van der Waals surface area contributed by atoms with Crippen molar-refractivity contribution in [2.24, 2.45) is 0 Å². The third-order valence-corrected chi connectivity index (χ3v) is 3.64. The van der Waals surface area contributed by atoms with E-state index in [2.05, 4.69) is 17.2 Å². The second kappa shape index (κ2) is 5.46. The largest absolute Gasteiger partial charge is 0.501 e. The van der Waals surface area contributed by atoms with E-state index >= 15 is 0 Å². The monoisotopic (exact) mass is 238 g/mol. The zero-order valence-electron chi connectivity index (χ0n) is 9.82. The molecule has 0 spiro atoms. The molecule has 1 aromatic heterocycles. The standard InChI is InChI=1S/C12H18N2OS/c1-3-13-12(10-5-4-6-15-8-10)11-7-14-9(2)16-11/h7-8,12-13H,3-6H2,1-2H3. The number of hydrogen-bond donors (Lipinski definition) is 1. The summed E-state index contributed by atoms with van der Waals surface area (Å²) >= 11 is 1.76.